The highest BCUT2D eigenvalue weighted by Crippen LogP contribution is 2.57. The average molecular weight is 1080 g/mol. The fraction of sp³-hybridized carbons (Fsp3) is 0.0263. The Labute approximate surface area is 482 Å². The maximum Gasteiger partial charge on any atom is 0.160 e. The van der Waals surface area contributed by atoms with Crippen molar-refractivity contribution in [3.8, 4) is 90.1 Å². The standard InChI is InChI=1S/C76H46N4S2/c1-3-19-45(20-4-1)63-43-65(51-25-9-7-23-49(51)53-31-17-35-69-73(53)59-29-13-15-33-67(59)81-69)79-75(77-63)47-37-39-57-61(41-47)71-55-27-11-12-28-56(55)72(57)62-42-48(38-40-58(62)71)76-78-64(46-21-5-2-6-22-46)44-66(80-76)52-26-10-8-24-50(52)54-32-18-36-70-74(54)60-30-14-16-34-68(60)82-70/h1-44,71-72H/t71-,72?/m1/s1. The van der Waals surface area contributed by atoms with E-state index in [-0.39, 0.29) is 11.8 Å². The molecule has 0 aliphatic heterocycles. The average Bonchev–Trinajstić information content (AvgIpc) is 3.87. The number of benzene rings is 11. The Hall–Kier alpha value is -9.98. The Morgan fingerprint density at radius 2 is 0.585 bits per heavy atom. The molecule has 382 valence electrons. The van der Waals surface area contributed by atoms with Crippen molar-refractivity contribution >= 4 is 63.0 Å². The van der Waals surface area contributed by atoms with Crippen LogP contribution in [0.25, 0.3) is 130 Å². The molecule has 18 rings (SSSR count). The van der Waals surface area contributed by atoms with Crippen molar-refractivity contribution in [3.63, 3.8) is 0 Å². The predicted octanol–water partition coefficient (Wildman–Crippen LogP) is 20.3. The first-order valence-electron chi connectivity index (χ1n) is 27.9. The quantitative estimate of drug-likeness (QED) is 0.152. The summed E-state index contributed by atoms with van der Waals surface area (Å²) in [7, 11) is 0. The lowest BCUT2D eigenvalue weighted by atomic mass is 9.61. The van der Waals surface area contributed by atoms with Gasteiger partial charge in [0.2, 0.25) is 0 Å². The third-order valence-corrected chi connectivity index (χ3v) is 19.2. The molecule has 0 saturated carbocycles. The highest BCUT2D eigenvalue weighted by Gasteiger charge is 2.42. The summed E-state index contributed by atoms with van der Waals surface area (Å²) in [6.07, 6.45) is 0. The molecule has 15 aromatic rings. The Morgan fingerprint density at radius 3 is 1.05 bits per heavy atom. The Kier molecular flexibility index (Phi) is 10.8. The van der Waals surface area contributed by atoms with Crippen LogP contribution in [0.5, 0.6) is 0 Å². The molecule has 2 bridgehead atoms. The van der Waals surface area contributed by atoms with E-state index in [0.29, 0.717) is 11.6 Å². The summed E-state index contributed by atoms with van der Waals surface area (Å²) in [5.41, 5.74) is 22.4. The summed E-state index contributed by atoms with van der Waals surface area (Å²) in [4.78, 5) is 21.9. The van der Waals surface area contributed by atoms with Gasteiger partial charge < -0.3 is 0 Å². The molecule has 4 aromatic heterocycles. The molecule has 2 atom stereocenters. The molecule has 0 spiro atoms. The van der Waals surface area contributed by atoms with Crippen LogP contribution >= 0.6 is 22.7 Å². The van der Waals surface area contributed by atoms with Crippen LogP contribution in [0, 0.1) is 0 Å². The van der Waals surface area contributed by atoms with Gasteiger partial charge in [0.15, 0.2) is 11.6 Å². The van der Waals surface area contributed by atoms with Crippen molar-refractivity contribution in [2.75, 3.05) is 0 Å². The SMILES string of the molecule is c1ccc(-c2cc(-c3ccccc3-c3cccc4sc5ccccc5c34)nc(-c3ccc4c(c3)C3c5ccccc5[C@H]4c4cc(-c5nc(-c6ccccc6)cc(-c6ccccc6-c6cccc7sc8ccccc8c67)n5)ccc43)n2)cc1. The zero-order valence-corrected chi connectivity index (χ0v) is 45.8. The molecule has 4 heterocycles. The topological polar surface area (TPSA) is 51.6 Å². The molecule has 3 aliphatic carbocycles. The van der Waals surface area contributed by atoms with Gasteiger partial charge in [-0.25, -0.2) is 19.9 Å². The molecule has 82 heavy (non-hydrogen) atoms. The molecule has 0 N–H and O–H groups in total. The van der Waals surface area contributed by atoms with Crippen LogP contribution < -0.4 is 0 Å². The van der Waals surface area contributed by atoms with Crippen LogP contribution in [0.2, 0.25) is 0 Å². The second-order valence-corrected chi connectivity index (χ2v) is 23.7. The summed E-state index contributed by atoms with van der Waals surface area (Å²) >= 11 is 3.69. The van der Waals surface area contributed by atoms with Crippen LogP contribution in [0.15, 0.2) is 267 Å². The smallest absolute Gasteiger partial charge is 0.160 e. The summed E-state index contributed by atoms with van der Waals surface area (Å²) in [5.74, 6) is 1.42. The van der Waals surface area contributed by atoms with E-state index in [0.717, 1.165) is 67.3 Å². The van der Waals surface area contributed by atoms with Gasteiger partial charge in [-0.3, -0.25) is 0 Å². The van der Waals surface area contributed by atoms with Gasteiger partial charge in [-0.1, -0.05) is 218 Å². The van der Waals surface area contributed by atoms with Crippen LogP contribution in [0.3, 0.4) is 0 Å². The molecule has 0 radical (unpaired) electrons. The van der Waals surface area contributed by atoms with Crippen LogP contribution in [0.1, 0.15) is 45.2 Å². The molecule has 3 aliphatic rings. The molecule has 11 aromatic carbocycles. The lowest BCUT2D eigenvalue weighted by Gasteiger charge is -2.42. The van der Waals surface area contributed by atoms with Crippen molar-refractivity contribution < 1.29 is 0 Å². The second kappa shape index (κ2) is 18.8. The van der Waals surface area contributed by atoms with Crippen LogP contribution in [-0.4, -0.2) is 19.9 Å². The molecule has 0 amide bonds. The van der Waals surface area contributed by atoms with E-state index < -0.39 is 0 Å². The van der Waals surface area contributed by atoms with E-state index in [2.05, 4.69) is 267 Å². The van der Waals surface area contributed by atoms with Gasteiger partial charge in [0, 0.05) is 85.6 Å². The lowest BCUT2D eigenvalue weighted by molar-refractivity contribution is 0.754. The molecular weight excluding hydrogens is 1030 g/mol. The van der Waals surface area contributed by atoms with Crippen LogP contribution in [-0.2, 0) is 0 Å². The lowest BCUT2D eigenvalue weighted by Crippen LogP contribution is -2.27. The monoisotopic (exact) mass is 1080 g/mol. The Morgan fingerprint density at radius 1 is 0.232 bits per heavy atom. The fourth-order valence-corrected chi connectivity index (χ4v) is 15.6. The fourth-order valence-electron chi connectivity index (χ4n) is 13.3. The van der Waals surface area contributed by atoms with E-state index in [1.165, 1.54) is 84.9 Å². The van der Waals surface area contributed by atoms with E-state index in [4.69, 9.17) is 19.9 Å². The Bertz CT molecular complexity index is 4760. The van der Waals surface area contributed by atoms with Gasteiger partial charge in [0.25, 0.3) is 0 Å². The van der Waals surface area contributed by atoms with E-state index >= 15 is 0 Å². The minimum absolute atomic E-state index is 0.00790. The van der Waals surface area contributed by atoms with Gasteiger partial charge in [0.05, 0.1) is 22.8 Å². The molecule has 0 saturated heterocycles. The number of fused-ring (bicyclic) bond motifs is 6. The maximum atomic E-state index is 5.54. The molecule has 6 heteroatoms. The zero-order chi connectivity index (χ0) is 53.8. The van der Waals surface area contributed by atoms with Crippen molar-refractivity contribution in [1.82, 2.24) is 19.9 Å². The normalized spacial score (nSPS) is 14.1. The number of aromatic nitrogens is 4. The largest absolute Gasteiger partial charge is 0.228 e. The maximum absolute atomic E-state index is 5.54. The molecule has 0 fully saturated rings. The van der Waals surface area contributed by atoms with Gasteiger partial charge in [-0.15, -0.1) is 22.7 Å². The van der Waals surface area contributed by atoms with E-state index in [1.54, 1.807) is 0 Å². The zero-order valence-electron chi connectivity index (χ0n) is 44.2. The highest BCUT2D eigenvalue weighted by molar-refractivity contribution is 7.26. The molecular formula is C76H46N4S2. The molecule has 4 nitrogen and oxygen atoms in total. The highest BCUT2D eigenvalue weighted by atomic mass is 32.1. The number of thiophene rings is 2. The summed E-state index contributed by atoms with van der Waals surface area (Å²) in [6.45, 7) is 0. The number of hydrogen-bond acceptors (Lipinski definition) is 6. The van der Waals surface area contributed by atoms with Crippen molar-refractivity contribution in [2.24, 2.45) is 0 Å². The van der Waals surface area contributed by atoms with E-state index in [1.807, 2.05) is 22.7 Å². The van der Waals surface area contributed by atoms with E-state index in [9.17, 15) is 0 Å². The minimum atomic E-state index is 0.00790. The van der Waals surface area contributed by atoms with Gasteiger partial charge in [0.1, 0.15) is 0 Å². The second-order valence-electron chi connectivity index (χ2n) is 21.5. The number of hydrogen-bond donors (Lipinski definition) is 0. The molecule has 1 unspecified atom stereocenters. The van der Waals surface area contributed by atoms with Crippen molar-refractivity contribution in [3.05, 3.63) is 300 Å². The summed E-state index contributed by atoms with van der Waals surface area (Å²) in [6, 6.07) is 96.7. The van der Waals surface area contributed by atoms with Gasteiger partial charge >= 0.3 is 0 Å². The predicted molar refractivity (Wildman–Crippen MR) is 342 cm³/mol. The third kappa shape index (κ3) is 7.49. The van der Waals surface area contributed by atoms with Gasteiger partial charge in [-0.05, 0) is 104 Å². The van der Waals surface area contributed by atoms with Crippen molar-refractivity contribution in [2.45, 2.75) is 11.8 Å². The first kappa shape index (κ1) is 46.9. The van der Waals surface area contributed by atoms with Crippen molar-refractivity contribution in [1.29, 1.82) is 0 Å². The van der Waals surface area contributed by atoms with Crippen LogP contribution in [0.4, 0.5) is 0 Å². The third-order valence-electron chi connectivity index (χ3n) is 16.9. The van der Waals surface area contributed by atoms with Gasteiger partial charge in [-0.2, -0.15) is 0 Å². The number of rotatable bonds is 8. The first-order valence-corrected chi connectivity index (χ1v) is 29.5. The first-order chi connectivity index (χ1) is 40.6. The number of nitrogens with zero attached hydrogens (tertiary/aromatic N) is 4. The Balaban J connectivity index is 0.797. The summed E-state index contributed by atoms with van der Waals surface area (Å²) < 4.78 is 5.13. The minimum Gasteiger partial charge on any atom is -0.228 e. The summed E-state index contributed by atoms with van der Waals surface area (Å²) in [5, 5.41) is 5.11.